The summed E-state index contributed by atoms with van der Waals surface area (Å²) in [6.07, 6.45) is -5.58. The van der Waals surface area contributed by atoms with Crippen LogP contribution < -0.4 is 0 Å². The Morgan fingerprint density at radius 3 is 1.47 bits per heavy atom. The molecule has 1 saturated carbocycles. The fourth-order valence-corrected chi connectivity index (χ4v) is 4.38. The van der Waals surface area contributed by atoms with Gasteiger partial charge in [-0.05, 0) is 23.6 Å². The monoisotopic (exact) mass is 492 g/mol. The van der Waals surface area contributed by atoms with Crippen LogP contribution in [0.3, 0.4) is 0 Å². The summed E-state index contributed by atoms with van der Waals surface area (Å²) >= 11 is 0. The van der Waals surface area contributed by atoms with E-state index in [1.807, 2.05) is 91.0 Å². The topological polar surface area (TPSA) is 47.9 Å². The summed E-state index contributed by atoms with van der Waals surface area (Å²) in [4.78, 5) is 0. The molecular formula is C30H30F2O4. The predicted octanol–water partition coefficient (Wildman–Crippen LogP) is 5.39. The van der Waals surface area contributed by atoms with E-state index >= 15 is 8.78 Å². The van der Waals surface area contributed by atoms with Crippen LogP contribution in [0, 0.1) is 17.8 Å². The van der Waals surface area contributed by atoms with E-state index in [0.717, 1.165) is 16.7 Å². The summed E-state index contributed by atoms with van der Waals surface area (Å²) in [5.74, 6) is 0.0429. The molecule has 1 aliphatic carbocycles. The standard InChI is InChI=1S/C30H30F2O4/c1-2-12-25-26(34-19-22-13-6-3-7-14-22)27(35-20-23-15-8-4-9-16-23)28(29(33)30(25,31)32)36-21-24-17-10-5-11-18-24/h3-11,13-18,25-29,33H,19-21H2,1H3/t25-,26+,27+,28-,29-/m1/s1. The second-order valence-electron chi connectivity index (χ2n) is 8.78. The Morgan fingerprint density at radius 1 is 0.667 bits per heavy atom. The molecule has 0 heterocycles. The maximum absolute atomic E-state index is 15.6. The highest BCUT2D eigenvalue weighted by Gasteiger charge is 2.62. The molecule has 0 radical (unpaired) electrons. The second kappa shape index (κ2) is 12.2. The van der Waals surface area contributed by atoms with Gasteiger partial charge in [-0.1, -0.05) is 96.9 Å². The van der Waals surface area contributed by atoms with Crippen molar-refractivity contribution in [2.45, 2.75) is 57.1 Å². The first-order valence-electron chi connectivity index (χ1n) is 12.0. The Balaban J connectivity index is 1.65. The minimum absolute atomic E-state index is 0.0410. The lowest BCUT2D eigenvalue weighted by atomic mass is 9.77. The number of rotatable bonds is 9. The van der Waals surface area contributed by atoms with Crippen LogP contribution in [0.25, 0.3) is 0 Å². The molecule has 0 bridgehead atoms. The van der Waals surface area contributed by atoms with E-state index in [2.05, 4.69) is 11.8 Å². The van der Waals surface area contributed by atoms with Gasteiger partial charge in [-0.15, -0.1) is 5.92 Å². The zero-order chi connectivity index (χ0) is 25.4. The average molecular weight is 493 g/mol. The SMILES string of the molecule is CC#C[C@@H]1[C@H](OCc2ccccc2)[C@H](OCc2ccccc2)[C@@H](OCc2ccccc2)[C@@H](O)C1(F)F. The molecule has 0 amide bonds. The molecule has 5 atom stereocenters. The van der Waals surface area contributed by atoms with Gasteiger partial charge in [0.15, 0.2) is 0 Å². The normalized spacial score (nSPS) is 25.1. The second-order valence-corrected chi connectivity index (χ2v) is 8.78. The van der Waals surface area contributed by atoms with Crippen molar-refractivity contribution in [3.63, 3.8) is 0 Å². The highest BCUT2D eigenvalue weighted by molar-refractivity contribution is 5.20. The number of hydrogen-bond acceptors (Lipinski definition) is 4. The molecule has 4 rings (SSSR count). The largest absolute Gasteiger partial charge is 0.384 e. The van der Waals surface area contributed by atoms with Crippen molar-refractivity contribution < 1.29 is 28.1 Å². The van der Waals surface area contributed by atoms with E-state index < -0.39 is 36.3 Å². The van der Waals surface area contributed by atoms with E-state index in [4.69, 9.17) is 14.2 Å². The molecule has 3 aromatic carbocycles. The lowest BCUT2D eigenvalue weighted by Gasteiger charge is -2.47. The van der Waals surface area contributed by atoms with Gasteiger partial charge in [0.1, 0.15) is 30.3 Å². The van der Waals surface area contributed by atoms with E-state index in [-0.39, 0.29) is 19.8 Å². The quantitative estimate of drug-likeness (QED) is 0.407. The first-order valence-corrected chi connectivity index (χ1v) is 12.0. The van der Waals surface area contributed by atoms with Crippen LogP contribution >= 0.6 is 0 Å². The summed E-state index contributed by atoms with van der Waals surface area (Å²) in [5, 5.41) is 10.9. The van der Waals surface area contributed by atoms with E-state index in [9.17, 15) is 5.11 Å². The maximum Gasteiger partial charge on any atom is 0.292 e. The maximum atomic E-state index is 15.6. The summed E-state index contributed by atoms with van der Waals surface area (Å²) in [6, 6.07) is 27.9. The van der Waals surface area contributed by atoms with Crippen molar-refractivity contribution in [2.75, 3.05) is 0 Å². The minimum atomic E-state index is -3.57. The molecular weight excluding hydrogens is 462 g/mol. The zero-order valence-electron chi connectivity index (χ0n) is 20.1. The highest BCUT2D eigenvalue weighted by atomic mass is 19.3. The van der Waals surface area contributed by atoms with Crippen LogP contribution in [0.4, 0.5) is 8.78 Å². The summed E-state index contributed by atoms with van der Waals surface area (Å²) in [6.45, 7) is 1.77. The third-order valence-corrected chi connectivity index (χ3v) is 6.25. The van der Waals surface area contributed by atoms with Gasteiger partial charge in [0, 0.05) is 0 Å². The summed E-state index contributed by atoms with van der Waals surface area (Å²) in [7, 11) is 0. The predicted molar refractivity (Wildman–Crippen MR) is 133 cm³/mol. The molecule has 36 heavy (non-hydrogen) atoms. The van der Waals surface area contributed by atoms with Gasteiger partial charge in [-0.25, -0.2) is 8.78 Å². The summed E-state index contributed by atoms with van der Waals surface area (Å²) in [5.41, 5.74) is 2.50. The number of benzene rings is 3. The fourth-order valence-electron chi connectivity index (χ4n) is 4.38. The molecule has 6 heteroatoms. The lowest BCUT2D eigenvalue weighted by Crippen LogP contribution is -2.66. The molecule has 0 spiro atoms. The third kappa shape index (κ3) is 6.18. The molecule has 1 N–H and O–H groups in total. The van der Waals surface area contributed by atoms with Gasteiger partial charge in [0.25, 0.3) is 5.92 Å². The van der Waals surface area contributed by atoms with Crippen LogP contribution in [0.5, 0.6) is 0 Å². The molecule has 0 aromatic heterocycles. The van der Waals surface area contributed by atoms with Crippen molar-refractivity contribution in [3.8, 4) is 11.8 Å². The van der Waals surface area contributed by atoms with Crippen molar-refractivity contribution in [3.05, 3.63) is 108 Å². The number of aliphatic hydroxyl groups is 1. The first-order chi connectivity index (χ1) is 17.5. The molecule has 0 unspecified atom stereocenters. The van der Waals surface area contributed by atoms with Gasteiger partial charge in [-0.2, -0.15) is 0 Å². The number of halogens is 2. The van der Waals surface area contributed by atoms with Gasteiger partial charge in [0.05, 0.1) is 19.8 Å². The molecule has 3 aromatic rings. The Bertz CT molecular complexity index is 1130. The zero-order valence-corrected chi connectivity index (χ0v) is 20.1. The van der Waals surface area contributed by atoms with E-state index in [1.54, 1.807) is 0 Å². The van der Waals surface area contributed by atoms with Gasteiger partial charge in [-0.3, -0.25) is 0 Å². The van der Waals surface area contributed by atoms with E-state index in [1.165, 1.54) is 6.92 Å². The number of ether oxygens (including phenoxy) is 3. The van der Waals surface area contributed by atoms with E-state index in [0.29, 0.717) is 0 Å². The van der Waals surface area contributed by atoms with Crippen LogP contribution in [0.1, 0.15) is 23.6 Å². The Kier molecular flexibility index (Phi) is 8.84. The molecule has 0 saturated heterocycles. The lowest BCUT2D eigenvalue weighted by molar-refractivity contribution is -0.286. The average Bonchev–Trinajstić information content (AvgIpc) is 2.91. The highest BCUT2D eigenvalue weighted by Crippen LogP contribution is 2.43. The molecule has 4 nitrogen and oxygen atoms in total. The fraction of sp³-hybridized carbons (Fsp3) is 0.333. The number of aliphatic hydroxyl groups excluding tert-OH is 1. The van der Waals surface area contributed by atoms with Crippen molar-refractivity contribution in [1.29, 1.82) is 0 Å². The third-order valence-electron chi connectivity index (χ3n) is 6.25. The van der Waals surface area contributed by atoms with Crippen LogP contribution in [0.15, 0.2) is 91.0 Å². The smallest absolute Gasteiger partial charge is 0.292 e. The van der Waals surface area contributed by atoms with Gasteiger partial charge in [0.2, 0.25) is 0 Å². The summed E-state index contributed by atoms with van der Waals surface area (Å²) < 4.78 is 49.4. The van der Waals surface area contributed by atoms with Crippen molar-refractivity contribution >= 4 is 0 Å². The van der Waals surface area contributed by atoms with Gasteiger partial charge < -0.3 is 19.3 Å². The Hall–Kier alpha value is -3.08. The Labute approximate surface area is 210 Å². The first kappa shape index (κ1) is 26.0. The Morgan fingerprint density at radius 2 is 1.06 bits per heavy atom. The number of alkyl halides is 2. The van der Waals surface area contributed by atoms with Crippen LogP contribution in [0.2, 0.25) is 0 Å². The van der Waals surface area contributed by atoms with Crippen LogP contribution in [-0.2, 0) is 34.0 Å². The minimum Gasteiger partial charge on any atom is -0.384 e. The molecule has 1 fully saturated rings. The van der Waals surface area contributed by atoms with Crippen molar-refractivity contribution in [2.24, 2.45) is 5.92 Å². The van der Waals surface area contributed by atoms with Crippen molar-refractivity contribution in [1.82, 2.24) is 0 Å². The van der Waals surface area contributed by atoms with Crippen LogP contribution in [-0.4, -0.2) is 35.4 Å². The molecule has 1 aliphatic rings. The number of hydrogen-bond donors (Lipinski definition) is 1. The molecule has 188 valence electrons. The van der Waals surface area contributed by atoms with Gasteiger partial charge >= 0.3 is 0 Å². The molecule has 0 aliphatic heterocycles.